The van der Waals surface area contributed by atoms with E-state index in [-0.39, 0.29) is 17.4 Å². The topological polar surface area (TPSA) is 62.5 Å². The number of rotatable bonds is 2. The molecule has 1 heterocycles. The lowest BCUT2D eigenvalue weighted by molar-refractivity contribution is 0.0998. The average Bonchev–Trinajstić information content (AvgIpc) is 2.83. The highest BCUT2D eigenvalue weighted by molar-refractivity contribution is 6.04. The summed E-state index contributed by atoms with van der Waals surface area (Å²) in [6.45, 7) is 0. The van der Waals surface area contributed by atoms with Crippen molar-refractivity contribution in [3.05, 3.63) is 60.4 Å². The van der Waals surface area contributed by atoms with E-state index in [1.165, 1.54) is 6.07 Å². The summed E-state index contributed by atoms with van der Waals surface area (Å²) < 4.78 is 5.43. The molecule has 2 aromatic carbocycles. The third-order valence-electron chi connectivity index (χ3n) is 2.76. The van der Waals surface area contributed by atoms with Crippen molar-refractivity contribution in [1.29, 1.82) is 0 Å². The van der Waals surface area contributed by atoms with E-state index in [0.717, 1.165) is 0 Å². The van der Waals surface area contributed by atoms with Crippen LogP contribution >= 0.6 is 0 Å². The number of fused-ring (bicyclic) bond motifs is 1. The number of carbonyl (C=O) groups excluding carboxylic acids is 1. The highest BCUT2D eigenvalue weighted by Crippen LogP contribution is 2.24. The van der Waals surface area contributed by atoms with E-state index in [4.69, 9.17) is 4.42 Å². The summed E-state index contributed by atoms with van der Waals surface area (Å²) in [4.78, 5) is 12.0. The van der Waals surface area contributed by atoms with Gasteiger partial charge in [-0.3, -0.25) is 4.79 Å². The van der Waals surface area contributed by atoms with E-state index >= 15 is 0 Å². The maximum atomic E-state index is 12.0. The summed E-state index contributed by atoms with van der Waals surface area (Å²) in [5.74, 6) is 0.0367. The van der Waals surface area contributed by atoms with Gasteiger partial charge in [-0.15, -0.1) is 0 Å². The number of benzene rings is 2. The van der Waals surface area contributed by atoms with Crippen molar-refractivity contribution in [2.75, 3.05) is 5.32 Å². The number of anilines is 1. The highest BCUT2D eigenvalue weighted by atomic mass is 16.3. The van der Waals surface area contributed by atoms with Crippen LogP contribution < -0.4 is 5.32 Å². The van der Waals surface area contributed by atoms with Crippen LogP contribution in [0.15, 0.2) is 59.0 Å². The van der Waals surface area contributed by atoms with Gasteiger partial charge < -0.3 is 14.8 Å². The molecule has 0 radical (unpaired) electrons. The van der Waals surface area contributed by atoms with Crippen LogP contribution in [0, 0.1) is 0 Å². The van der Waals surface area contributed by atoms with Crippen molar-refractivity contribution in [3.63, 3.8) is 0 Å². The minimum absolute atomic E-state index is 0.142. The molecule has 0 unspecified atom stereocenters. The third-order valence-corrected chi connectivity index (χ3v) is 2.76. The van der Waals surface area contributed by atoms with Gasteiger partial charge in [-0.25, -0.2) is 0 Å². The second-order valence-electron chi connectivity index (χ2n) is 4.15. The summed E-state index contributed by atoms with van der Waals surface area (Å²) >= 11 is 0. The van der Waals surface area contributed by atoms with Crippen LogP contribution in [0.2, 0.25) is 0 Å². The van der Waals surface area contributed by atoms with Crippen LogP contribution in [0.25, 0.3) is 11.0 Å². The van der Waals surface area contributed by atoms with E-state index in [1.54, 1.807) is 30.3 Å². The zero-order valence-corrected chi connectivity index (χ0v) is 9.96. The molecule has 0 aliphatic heterocycles. The van der Waals surface area contributed by atoms with E-state index in [0.29, 0.717) is 16.7 Å². The Bertz CT molecular complexity index is 731. The second kappa shape index (κ2) is 4.49. The number of aromatic hydroxyl groups is 1. The first kappa shape index (κ1) is 11.3. The molecule has 0 saturated carbocycles. The Labute approximate surface area is 109 Å². The van der Waals surface area contributed by atoms with Crippen molar-refractivity contribution < 1.29 is 14.3 Å². The summed E-state index contributed by atoms with van der Waals surface area (Å²) in [6.07, 6.45) is 0. The van der Waals surface area contributed by atoms with Crippen LogP contribution in [0.5, 0.6) is 5.75 Å². The van der Waals surface area contributed by atoms with Crippen LogP contribution in [0.3, 0.4) is 0 Å². The lowest BCUT2D eigenvalue weighted by Crippen LogP contribution is -2.10. The number of carbonyl (C=O) groups is 1. The van der Waals surface area contributed by atoms with Gasteiger partial charge in [-0.2, -0.15) is 0 Å². The molecule has 0 fully saturated rings. The lowest BCUT2D eigenvalue weighted by Gasteiger charge is -2.01. The molecule has 0 atom stereocenters. The SMILES string of the molecule is O=C(Nc1ccccc1)c1cc2cc(O)ccc2o1. The average molecular weight is 253 g/mol. The van der Waals surface area contributed by atoms with Crippen LogP contribution in [-0.4, -0.2) is 11.0 Å². The van der Waals surface area contributed by atoms with E-state index in [2.05, 4.69) is 5.32 Å². The number of hydrogen-bond donors (Lipinski definition) is 2. The molecule has 94 valence electrons. The van der Waals surface area contributed by atoms with E-state index < -0.39 is 0 Å². The quantitative estimate of drug-likeness (QED) is 0.735. The van der Waals surface area contributed by atoms with Gasteiger partial charge in [0.15, 0.2) is 5.76 Å². The molecule has 0 aliphatic carbocycles. The van der Waals surface area contributed by atoms with E-state index in [9.17, 15) is 9.90 Å². The Kier molecular flexibility index (Phi) is 2.68. The molecule has 3 aromatic rings. The smallest absolute Gasteiger partial charge is 0.291 e. The molecular weight excluding hydrogens is 242 g/mol. The standard InChI is InChI=1S/C15H11NO3/c17-12-6-7-13-10(8-12)9-14(19-13)15(18)16-11-4-2-1-3-5-11/h1-9,17H,(H,16,18). The Morgan fingerprint density at radius 3 is 2.63 bits per heavy atom. The molecule has 0 saturated heterocycles. The molecule has 2 N–H and O–H groups in total. The van der Waals surface area contributed by atoms with Gasteiger partial charge in [0.25, 0.3) is 5.91 Å². The fraction of sp³-hybridized carbons (Fsp3) is 0. The first-order chi connectivity index (χ1) is 9.22. The molecule has 1 aromatic heterocycles. The maximum absolute atomic E-state index is 12.0. The van der Waals surface area contributed by atoms with Crippen LogP contribution in [0.4, 0.5) is 5.69 Å². The minimum Gasteiger partial charge on any atom is -0.508 e. The van der Waals surface area contributed by atoms with E-state index in [1.807, 2.05) is 18.2 Å². The van der Waals surface area contributed by atoms with Crippen molar-refractivity contribution in [1.82, 2.24) is 0 Å². The Morgan fingerprint density at radius 1 is 1.05 bits per heavy atom. The predicted molar refractivity (Wildman–Crippen MR) is 72.3 cm³/mol. The fourth-order valence-corrected chi connectivity index (χ4v) is 1.86. The lowest BCUT2D eigenvalue weighted by atomic mass is 10.2. The number of para-hydroxylation sites is 1. The molecule has 0 spiro atoms. The van der Waals surface area contributed by atoms with Gasteiger partial charge >= 0.3 is 0 Å². The molecule has 0 bridgehead atoms. The van der Waals surface area contributed by atoms with Crippen molar-refractivity contribution in [3.8, 4) is 5.75 Å². The Balaban J connectivity index is 1.89. The Morgan fingerprint density at radius 2 is 1.84 bits per heavy atom. The molecular formula is C15H11NO3. The number of nitrogens with one attached hydrogen (secondary N) is 1. The molecule has 4 heteroatoms. The number of phenols is 1. The van der Waals surface area contributed by atoms with Gasteiger partial charge in [0.2, 0.25) is 0 Å². The Hall–Kier alpha value is -2.75. The summed E-state index contributed by atoms with van der Waals surface area (Å²) in [7, 11) is 0. The van der Waals surface area contributed by atoms with Crippen LogP contribution in [0.1, 0.15) is 10.6 Å². The van der Waals surface area contributed by atoms with Crippen molar-refractivity contribution in [2.24, 2.45) is 0 Å². The van der Waals surface area contributed by atoms with Crippen molar-refractivity contribution in [2.45, 2.75) is 0 Å². The van der Waals surface area contributed by atoms with Crippen LogP contribution in [-0.2, 0) is 0 Å². The molecule has 0 aliphatic rings. The number of furan rings is 1. The molecule has 1 amide bonds. The number of amides is 1. The fourth-order valence-electron chi connectivity index (χ4n) is 1.86. The minimum atomic E-state index is -0.318. The summed E-state index contributed by atoms with van der Waals surface area (Å²) in [5.41, 5.74) is 1.27. The maximum Gasteiger partial charge on any atom is 0.291 e. The monoisotopic (exact) mass is 253 g/mol. The third kappa shape index (κ3) is 2.28. The number of hydrogen-bond acceptors (Lipinski definition) is 3. The molecule has 19 heavy (non-hydrogen) atoms. The van der Waals surface area contributed by atoms with Gasteiger partial charge in [-0.1, -0.05) is 18.2 Å². The normalized spacial score (nSPS) is 10.5. The molecule has 3 rings (SSSR count). The van der Waals surface area contributed by atoms with Gasteiger partial charge in [-0.05, 0) is 36.4 Å². The van der Waals surface area contributed by atoms with Gasteiger partial charge in [0.1, 0.15) is 11.3 Å². The largest absolute Gasteiger partial charge is 0.508 e. The zero-order chi connectivity index (χ0) is 13.2. The zero-order valence-electron chi connectivity index (χ0n) is 9.96. The van der Waals surface area contributed by atoms with Gasteiger partial charge in [0, 0.05) is 11.1 Å². The second-order valence-corrected chi connectivity index (χ2v) is 4.15. The summed E-state index contributed by atoms with van der Waals surface area (Å²) in [6, 6.07) is 15.5. The molecule has 4 nitrogen and oxygen atoms in total. The predicted octanol–water partition coefficient (Wildman–Crippen LogP) is 3.39. The first-order valence-corrected chi connectivity index (χ1v) is 5.81. The summed E-state index contributed by atoms with van der Waals surface area (Å²) in [5, 5.41) is 12.8. The number of phenolic OH excluding ortho intramolecular Hbond substituents is 1. The van der Waals surface area contributed by atoms with Crippen molar-refractivity contribution >= 4 is 22.6 Å². The van der Waals surface area contributed by atoms with Gasteiger partial charge in [0.05, 0.1) is 0 Å². The first-order valence-electron chi connectivity index (χ1n) is 5.81. The highest BCUT2D eigenvalue weighted by Gasteiger charge is 2.12.